The summed E-state index contributed by atoms with van der Waals surface area (Å²) in [5.41, 5.74) is 7.35. The first-order valence-electron chi connectivity index (χ1n) is 8.00. The molecule has 1 fully saturated rings. The van der Waals surface area contributed by atoms with Crippen LogP contribution in [0.1, 0.15) is 42.1 Å². The molecule has 1 aromatic carbocycles. The van der Waals surface area contributed by atoms with Gasteiger partial charge in [0, 0.05) is 24.6 Å². The molecule has 0 heterocycles. The van der Waals surface area contributed by atoms with Crippen LogP contribution >= 0.6 is 0 Å². The van der Waals surface area contributed by atoms with Crippen LogP contribution in [-0.2, 0) is 11.3 Å². The maximum Gasteiger partial charge on any atom is 0.251 e. The van der Waals surface area contributed by atoms with E-state index >= 15 is 0 Å². The van der Waals surface area contributed by atoms with E-state index in [0.717, 1.165) is 24.8 Å². The highest BCUT2D eigenvalue weighted by atomic mass is 16.2. The van der Waals surface area contributed by atoms with E-state index in [0.29, 0.717) is 31.1 Å². The van der Waals surface area contributed by atoms with Gasteiger partial charge in [0.25, 0.3) is 5.91 Å². The number of carbonyl (C=O) groups is 2. The molecule has 5 nitrogen and oxygen atoms in total. The Morgan fingerprint density at radius 2 is 1.91 bits per heavy atom. The first kappa shape index (κ1) is 16.5. The summed E-state index contributed by atoms with van der Waals surface area (Å²) in [5, 5.41) is 5.74. The smallest absolute Gasteiger partial charge is 0.251 e. The van der Waals surface area contributed by atoms with Gasteiger partial charge in [-0.15, -0.1) is 0 Å². The molecule has 0 aromatic heterocycles. The fourth-order valence-electron chi connectivity index (χ4n) is 3.02. The molecule has 1 aliphatic carbocycles. The average molecular weight is 303 g/mol. The van der Waals surface area contributed by atoms with Crippen molar-refractivity contribution in [1.29, 1.82) is 0 Å². The van der Waals surface area contributed by atoms with E-state index in [4.69, 9.17) is 5.73 Å². The van der Waals surface area contributed by atoms with Gasteiger partial charge in [-0.1, -0.05) is 18.6 Å². The van der Waals surface area contributed by atoms with Crippen molar-refractivity contribution in [3.63, 3.8) is 0 Å². The van der Waals surface area contributed by atoms with Crippen LogP contribution in [0, 0.1) is 11.8 Å². The van der Waals surface area contributed by atoms with Gasteiger partial charge < -0.3 is 16.4 Å². The van der Waals surface area contributed by atoms with E-state index in [9.17, 15) is 9.59 Å². The SMILES string of the molecule is CCNC(=O)c1ccc(CNC(=O)[C@@H]2CCC[C@@H]2CN)cc1. The summed E-state index contributed by atoms with van der Waals surface area (Å²) in [6.45, 7) is 3.57. The fourth-order valence-corrected chi connectivity index (χ4v) is 3.02. The molecule has 1 aromatic rings. The summed E-state index contributed by atoms with van der Waals surface area (Å²) in [6, 6.07) is 7.31. The van der Waals surface area contributed by atoms with Gasteiger partial charge in [-0.05, 0) is 49.9 Å². The van der Waals surface area contributed by atoms with E-state index in [2.05, 4.69) is 10.6 Å². The Balaban J connectivity index is 1.86. The summed E-state index contributed by atoms with van der Waals surface area (Å²) >= 11 is 0. The number of hydrogen-bond donors (Lipinski definition) is 3. The van der Waals surface area contributed by atoms with Crippen molar-refractivity contribution in [2.75, 3.05) is 13.1 Å². The minimum Gasteiger partial charge on any atom is -0.352 e. The molecule has 0 spiro atoms. The van der Waals surface area contributed by atoms with E-state index in [1.165, 1.54) is 0 Å². The quantitative estimate of drug-likeness (QED) is 0.743. The Labute approximate surface area is 131 Å². The van der Waals surface area contributed by atoms with E-state index in [1.54, 1.807) is 12.1 Å². The van der Waals surface area contributed by atoms with Gasteiger partial charge in [-0.25, -0.2) is 0 Å². The Kier molecular flexibility index (Phi) is 5.95. The monoisotopic (exact) mass is 303 g/mol. The van der Waals surface area contributed by atoms with E-state index < -0.39 is 0 Å². The van der Waals surface area contributed by atoms with Gasteiger partial charge in [0.05, 0.1) is 0 Å². The van der Waals surface area contributed by atoms with Crippen LogP contribution in [0.3, 0.4) is 0 Å². The maximum atomic E-state index is 12.2. The minimum atomic E-state index is -0.0742. The van der Waals surface area contributed by atoms with Crippen molar-refractivity contribution in [3.8, 4) is 0 Å². The summed E-state index contributed by atoms with van der Waals surface area (Å²) < 4.78 is 0. The zero-order valence-electron chi connectivity index (χ0n) is 13.1. The molecule has 0 saturated heterocycles. The number of carbonyl (C=O) groups excluding carboxylic acids is 2. The summed E-state index contributed by atoms with van der Waals surface area (Å²) in [6.07, 6.45) is 3.07. The molecular weight excluding hydrogens is 278 g/mol. The van der Waals surface area contributed by atoms with Gasteiger partial charge in [-0.3, -0.25) is 9.59 Å². The van der Waals surface area contributed by atoms with Gasteiger partial charge in [0.1, 0.15) is 0 Å². The molecule has 0 radical (unpaired) electrons. The average Bonchev–Trinajstić information content (AvgIpc) is 3.02. The molecule has 1 aliphatic rings. The molecule has 2 rings (SSSR count). The third-order valence-corrected chi connectivity index (χ3v) is 4.32. The molecule has 0 aliphatic heterocycles. The topological polar surface area (TPSA) is 84.2 Å². The number of benzene rings is 1. The lowest BCUT2D eigenvalue weighted by atomic mass is 9.95. The lowest BCUT2D eigenvalue weighted by Crippen LogP contribution is -2.34. The number of nitrogens with one attached hydrogen (secondary N) is 2. The van der Waals surface area contributed by atoms with E-state index in [-0.39, 0.29) is 17.7 Å². The summed E-state index contributed by atoms with van der Waals surface area (Å²) in [7, 11) is 0. The molecule has 0 bridgehead atoms. The lowest BCUT2D eigenvalue weighted by Gasteiger charge is -2.17. The Morgan fingerprint density at radius 1 is 1.18 bits per heavy atom. The molecule has 2 atom stereocenters. The van der Waals surface area contributed by atoms with Gasteiger partial charge >= 0.3 is 0 Å². The van der Waals surface area contributed by atoms with Crippen LogP contribution < -0.4 is 16.4 Å². The Hall–Kier alpha value is -1.88. The number of hydrogen-bond acceptors (Lipinski definition) is 3. The molecule has 5 heteroatoms. The third kappa shape index (κ3) is 4.07. The van der Waals surface area contributed by atoms with Crippen molar-refractivity contribution >= 4 is 11.8 Å². The van der Waals surface area contributed by atoms with Crippen LogP contribution in [0.15, 0.2) is 24.3 Å². The summed E-state index contributed by atoms with van der Waals surface area (Å²) in [4.78, 5) is 23.9. The molecule has 4 N–H and O–H groups in total. The normalized spacial score (nSPS) is 20.6. The van der Waals surface area contributed by atoms with Crippen molar-refractivity contribution in [2.24, 2.45) is 17.6 Å². The van der Waals surface area contributed by atoms with Gasteiger partial charge in [-0.2, -0.15) is 0 Å². The van der Waals surface area contributed by atoms with Crippen LogP contribution in [0.5, 0.6) is 0 Å². The Morgan fingerprint density at radius 3 is 2.55 bits per heavy atom. The molecule has 0 unspecified atom stereocenters. The molecule has 2 amide bonds. The number of nitrogens with two attached hydrogens (primary N) is 1. The number of amides is 2. The minimum absolute atomic E-state index is 0.0552. The van der Waals surface area contributed by atoms with Crippen molar-refractivity contribution in [3.05, 3.63) is 35.4 Å². The van der Waals surface area contributed by atoms with Crippen molar-refractivity contribution < 1.29 is 9.59 Å². The van der Waals surface area contributed by atoms with Crippen molar-refractivity contribution in [1.82, 2.24) is 10.6 Å². The standard InChI is InChI=1S/C17H25N3O2/c1-2-19-16(21)13-8-6-12(7-9-13)11-20-17(22)15-5-3-4-14(15)10-18/h6-9,14-15H,2-5,10-11,18H2,1H3,(H,19,21)(H,20,22)/t14-,15-/m1/s1. The second-order valence-electron chi connectivity index (χ2n) is 5.81. The second-order valence-corrected chi connectivity index (χ2v) is 5.81. The predicted octanol–water partition coefficient (Wildman–Crippen LogP) is 1.43. The zero-order valence-corrected chi connectivity index (χ0v) is 13.1. The van der Waals surface area contributed by atoms with Crippen LogP contribution in [0.2, 0.25) is 0 Å². The first-order chi connectivity index (χ1) is 10.7. The molecule has 120 valence electrons. The van der Waals surface area contributed by atoms with Gasteiger partial charge in [0.2, 0.25) is 5.91 Å². The maximum absolute atomic E-state index is 12.2. The zero-order chi connectivity index (χ0) is 15.9. The third-order valence-electron chi connectivity index (χ3n) is 4.32. The molecule has 1 saturated carbocycles. The van der Waals surface area contributed by atoms with Crippen LogP contribution in [0.4, 0.5) is 0 Å². The highest BCUT2D eigenvalue weighted by molar-refractivity contribution is 5.94. The summed E-state index contributed by atoms with van der Waals surface area (Å²) in [5.74, 6) is 0.398. The predicted molar refractivity (Wildman–Crippen MR) is 86.2 cm³/mol. The number of rotatable bonds is 6. The van der Waals surface area contributed by atoms with Crippen molar-refractivity contribution in [2.45, 2.75) is 32.7 Å². The highest BCUT2D eigenvalue weighted by Crippen LogP contribution is 2.30. The molecular formula is C17H25N3O2. The van der Waals surface area contributed by atoms with Crippen LogP contribution in [0.25, 0.3) is 0 Å². The highest BCUT2D eigenvalue weighted by Gasteiger charge is 2.31. The largest absolute Gasteiger partial charge is 0.352 e. The van der Waals surface area contributed by atoms with Gasteiger partial charge in [0.15, 0.2) is 0 Å². The van der Waals surface area contributed by atoms with E-state index in [1.807, 2.05) is 19.1 Å². The second kappa shape index (κ2) is 7.94. The Bertz CT molecular complexity index is 513. The van der Waals surface area contributed by atoms with Crippen LogP contribution in [-0.4, -0.2) is 24.9 Å². The first-order valence-corrected chi connectivity index (χ1v) is 8.00. The fraction of sp³-hybridized carbons (Fsp3) is 0.529. The molecule has 22 heavy (non-hydrogen) atoms. The lowest BCUT2D eigenvalue weighted by molar-refractivity contribution is -0.126.